The summed E-state index contributed by atoms with van der Waals surface area (Å²) in [6.07, 6.45) is 3.93. The molecule has 0 amide bonds. The monoisotopic (exact) mass is 432 g/mol. The van der Waals surface area contributed by atoms with Crippen molar-refractivity contribution >= 4 is 18.3 Å². The second kappa shape index (κ2) is 10.0. The van der Waals surface area contributed by atoms with E-state index < -0.39 is 11.5 Å². The van der Waals surface area contributed by atoms with Crippen molar-refractivity contribution in [2.45, 2.75) is 31.7 Å². The van der Waals surface area contributed by atoms with Gasteiger partial charge in [-0.1, -0.05) is 48.0 Å². The lowest BCUT2D eigenvalue weighted by Gasteiger charge is -2.36. The maximum Gasteiger partial charge on any atom is 0.274 e. The summed E-state index contributed by atoms with van der Waals surface area (Å²) in [4.78, 5) is 4.24. The van der Waals surface area contributed by atoms with Crippen LogP contribution in [-0.2, 0) is 17.9 Å². The van der Waals surface area contributed by atoms with Crippen molar-refractivity contribution in [1.82, 2.24) is 5.32 Å². The topological polar surface area (TPSA) is 33.6 Å². The Labute approximate surface area is 182 Å². The summed E-state index contributed by atoms with van der Waals surface area (Å²) in [5, 5.41) is 3.88. The van der Waals surface area contributed by atoms with Gasteiger partial charge in [0, 0.05) is 18.4 Å². The first-order chi connectivity index (χ1) is 14.2. The smallest absolute Gasteiger partial charge is 0.274 e. The molecule has 0 aliphatic rings. The molecular formula is C24H27ClF2N2O. The van der Waals surface area contributed by atoms with Crippen LogP contribution in [0.1, 0.15) is 30.5 Å². The highest BCUT2D eigenvalue weighted by Crippen LogP contribution is 2.40. The number of rotatable bonds is 9. The Hall–Kier alpha value is -2.50. The minimum atomic E-state index is -3.08. The van der Waals surface area contributed by atoms with Crippen LogP contribution >= 0.6 is 11.6 Å². The molecule has 2 aromatic carbocycles. The molecule has 0 saturated heterocycles. The molecule has 0 aliphatic carbocycles. The fourth-order valence-corrected chi connectivity index (χ4v) is 3.51. The Morgan fingerprint density at radius 3 is 2.37 bits per heavy atom. The molecular weight excluding hydrogens is 406 g/mol. The highest BCUT2D eigenvalue weighted by molar-refractivity contribution is 6.29. The maximum atomic E-state index is 14.4. The molecule has 160 valence electrons. The van der Waals surface area contributed by atoms with Crippen LogP contribution in [0, 0.1) is 0 Å². The molecule has 1 atom stereocenters. The predicted molar refractivity (Wildman–Crippen MR) is 121 cm³/mol. The summed E-state index contributed by atoms with van der Waals surface area (Å²) < 4.78 is 33.9. The van der Waals surface area contributed by atoms with Gasteiger partial charge in [-0.3, -0.25) is 4.99 Å². The van der Waals surface area contributed by atoms with Crippen molar-refractivity contribution in [3.05, 3.63) is 88.1 Å². The molecule has 2 rings (SSSR count). The van der Waals surface area contributed by atoms with Gasteiger partial charge in [0.2, 0.25) is 0 Å². The van der Waals surface area contributed by atoms with E-state index in [1.54, 1.807) is 38.3 Å². The molecule has 0 unspecified atom stereocenters. The first kappa shape index (κ1) is 23.8. The quantitative estimate of drug-likeness (QED) is 0.378. The van der Waals surface area contributed by atoms with Crippen molar-refractivity contribution in [3.63, 3.8) is 0 Å². The average molecular weight is 433 g/mol. The molecule has 0 aliphatic heterocycles. The minimum Gasteiger partial charge on any atom is -0.496 e. The van der Waals surface area contributed by atoms with Gasteiger partial charge in [-0.25, -0.2) is 8.78 Å². The molecule has 3 nitrogen and oxygen atoms in total. The normalized spacial score (nSPS) is 14.9. The van der Waals surface area contributed by atoms with Crippen LogP contribution in [-0.4, -0.2) is 20.9 Å². The number of methoxy groups -OCH3 is 1. The Bertz CT molecular complexity index is 932. The number of aliphatic imine (C=N–C) groups is 1. The van der Waals surface area contributed by atoms with Gasteiger partial charge in [-0.15, -0.1) is 0 Å². The number of alkyl halides is 2. The number of ether oxygens (including phenoxy) is 1. The van der Waals surface area contributed by atoms with Gasteiger partial charge in [0.05, 0.1) is 23.9 Å². The zero-order valence-corrected chi connectivity index (χ0v) is 18.4. The van der Waals surface area contributed by atoms with Crippen LogP contribution in [0.15, 0.2) is 76.4 Å². The third-order valence-corrected chi connectivity index (χ3v) is 5.11. The fraction of sp³-hybridized carbons (Fsp3) is 0.292. The molecule has 0 bridgehead atoms. The van der Waals surface area contributed by atoms with Crippen LogP contribution in [0.2, 0.25) is 0 Å². The number of nitrogens with one attached hydrogen (secondary N) is 1. The highest BCUT2D eigenvalue weighted by atomic mass is 35.5. The van der Waals surface area contributed by atoms with E-state index in [0.29, 0.717) is 22.7 Å². The van der Waals surface area contributed by atoms with Gasteiger partial charge in [0.15, 0.2) is 0 Å². The molecule has 0 radical (unpaired) electrons. The number of nitrogens with zero attached hydrogens (tertiary/aromatic N) is 1. The number of hydrogen-bond donors (Lipinski definition) is 1. The van der Waals surface area contributed by atoms with Gasteiger partial charge >= 0.3 is 0 Å². The van der Waals surface area contributed by atoms with Gasteiger partial charge in [-0.2, -0.15) is 0 Å². The predicted octanol–water partition coefficient (Wildman–Crippen LogP) is 6.19. The average Bonchev–Trinajstić information content (AvgIpc) is 2.72. The molecule has 0 fully saturated rings. The Balaban J connectivity index is 2.79. The third kappa shape index (κ3) is 5.35. The van der Waals surface area contributed by atoms with Crippen molar-refractivity contribution in [3.8, 4) is 5.75 Å². The lowest BCUT2D eigenvalue weighted by Crippen LogP contribution is -2.44. The van der Waals surface area contributed by atoms with Gasteiger partial charge in [-0.05, 0) is 56.1 Å². The first-order valence-corrected chi connectivity index (χ1v) is 9.86. The maximum absolute atomic E-state index is 14.4. The van der Waals surface area contributed by atoms with E-state index in [1.807, 2.05) is 30.3 Å². The number of halogens is 3. The van der Waals surface area contributed by atoms with E-state index in [4.69, 9.17) is 16.3 Å². The lowest BCUT2D eigenvalue weighted by atomic mass is 9.79. The summed E-state index contributed by atoms with van der Waals surface area (Å²) >= 11 is 6.02. The zero-order valence-electron chi connectivity index (χ0n) is 17.7. The lowest BCUT2D eigenvalue weighted by molar-refractivity contribution is 0.0149. The number of hydrogen-bond acceptors (Lipinski definition) is 3. The Kier molecular flexibility index (Phi) is 7.93. The second-order valence-electron chi connectivity index (χ2n) is 7.08. The van der Waals surface area contributed by atoms with E-state index in [9.17, 15) is 8.78 Å². The van der Waals surface area contributed by atoms with Crippen LogP contribution < -0.4 is 10.1 Å². The van der Waals surface area contributed by atoms with Crippen molar-refractivity contribution < 1.29 is 13.5 Å². The van der Waals surface area contributed by atoms with Crippen molar-refractivity contribution in [1.29, 1.82) is 0 Å². The van der Waals surface area contributed by atoms with E-state index in [0.717, 1.165) is 12.5 Å². The molecule has 0 heterocycles. The summed E-state index contributed by atoms with van der Waals surface area (Å²) in [6.45, 7) is 6.33. The van der Waals surface area contributed by atoms with Crippen LogP contribution in [0.5, 0.6) is 5.75 Å². The minimum absolute atomic E-state index is 0.129. The Morgan fingerprint density at radius 1 is 1.20 bits per heavy atom. The molecule has 2 aromatic rings. The molecule has 1 N–H and O–H groups in total. The highest BCUT2D eigenvalue weighted by Gasteiger charge is 2.38. The van der Waals surface area contributed by atoms with E-state index in [2.05, 4.69) is 17.0 Å². The largest absolute Gasteiger partial charge is 0.496 e. The van der Waals surface area contributed by atoms with Gasteiger partial charge in [0.1, 0.15) is 5.75 Å². The number of likely N-dealkylation sites (N-methyl/N-ethyl adjacent to an activating group) is 1. The van der Waals surface area contributed by atoms with Crippen LogP contribution in [0.3, 0.4) is 0 Å². The first-order valence-electron chi connectivity index (χ1n) is 9.49. The van der Waals surface area contributed by atoms with Gasteiger partial charge in [0.25, 0.3) is 5.92 Å². The van der Waals surface area contributed by atoms with E-state index in [1.165, 1.54) is 13.2 Å². The van der Waals surface area contributed by atoms with Crippen molar-refractivity contribution in [2.24, 2.45) is 4.99 Å². The molecule has 0 saturated carbocycles. The number of allylic oxidation sites excluding steroid dienone is 3. The van der Waals surface area contributed by atoms with E-state index in [-0.39, 0.29) is 11.3 Å². The summed E-state index contributed by atoms with van der Waals surface area (Å²) in [6, 6.07) is 14.5. The van der Waals surface area contributed by atoms with Crippen LogP contribution in [0.4, 0.5) is 8.78 Å². The zero-order chi connectivity index (χ0) is 22.4. The van der Waals surface area contributed by atoms with Gasteiger partial charge < -0.3 is 10.1 Å². The number of benzene rings is 2. The fourth-order valence-electron chi connectivity index (χ4n) is 3.44. The van der Waals surface area contributed by atoms with Crippen LogP contribution in [0.25, 0.3) is 0 Å². The summed E-state index contributed by atoms with van der Waals surface area (Å²) in [5.74, 6) is -2.95. The van der Waals surface area contributed by atoms with E-state index >= 15 is 0 Å². The molecule has 6 heteroatoms. The molecule has 0 aromatic heterocycles. The SMILES string of the molecule is C=N/C(=C\C=C(/C)Cl)[C@](Cc1ccccc1)(NC)c1ccc(OC)c(C(C)(F)F)c1. The summed E-state index contributed by atoms with van der Waals surface area (Å²) in [5.41, 5.74) is 1.07. The third-order valence-electron chi connectivity index (χ3n) is 4.98. The summed E-state index contributed by atoms with van der Waals surface area (Å²) in [7, 11) is 3.15. The molecule has 0 spiro atoms. The second-order valence-corrected chi connectivity index (χ2v) is 7.68. The standard InChI is InChI=1S/C24H27ClF2N2O/c1-17(25)11-14-22(28-3)24(29-4,16-18-9-7-6-8-10-18)19-12-13-21(30-5)20(15-19)23(2,26)27/h6-15,29H,3,16H2,1-2,4-5H3/b17-11+,22-14-/t24-/m1/s1. The Morgan fingerprint density at radius 2 is 1.87 bits per heavy atom. The van der Waals surface area contributed by atoms with Crippen molar-refractivity contribution in [2.75, 3.05) is 14.2 Å². The molecule has 30 heavy (non-hydrogen) atoms.